The number of hydrogen-bond donors (Lipinski definition) is 2. The molecule has 4 heterocycles. The summed E-state index contributed by atoms with van der Waals surface area (Å²) >= 11 is 1.54. The third kappa shape index (κ3) is 3.91. The smallest absolute Gasteiger partial charge is 0.306 e. The summed E-state index contributed by atoms with van der Waals surface area (Å²) in [6.07, 6.45) is 8.23. The fourth-order valence-electron chi connectivity index (χ4n) is 4.32. The monoisotopic (exact) mass is 459 g/mol. The van der Waals surface area contributed by atoms with Crippen LogP contribution in [0.25, 0.3) is 27.4 Å². The molecule has 0 atom stereocenters. The lowest BCUT2D eigenvalue weighted by molar-refractivity contribution is -0.142. The highest BCUT2D eigenvalue weighted by Crippen LogP contribution is 2.40. The van der Waals surface area contributed by atoms with Gasteiger partial charge < -0.3 is 10.4 Å². The molecule has 1 aliphatic rings. The lowest BCUT2D eigenvalue weighted by Crippen LogP contribution is -2.20. The third-order valence-corrected chi connectivity index (χ3v) is 7.28. The fraction of sp³-hybridized carbons (Fsp3) is 0.304. The summed E-state index contributed by atoms with van der Waals surface area (Å²) in [7, 11) is 1.85. The standard InChI is InChI=1S/C23H21N7O2S/c1-25-18-9-19(30-7-6-16-8-13(10-24)11-27-20(16)30)26-12-17(18)22-29-28-21(33-22)14-2-4-15(5-3-14)23(31)32/h6-9,11-12,14-15H,2-5H2,1H3,(H,25,26)(H,31,32). The molecule has 4 aromatic rings. The Morgan fingerprint density at radius 2 is 2.03 bits per heavy atom. The van der Waals surface area contributed by atoms with Crippen molar-refractivity contribution < 1.29 is 9.90 Å². The number of carboxylic acid groups (broad SMARTS) is 1. The third-order valence-electron chi connectivity index (χ3n) is 6.16. The van der Waals surface area contributed by atoms with Crippen LogP contribution in [0.3, 0.4) is 0 Å². The number of aromatic nitrogens is 5. The lowest BCUT2D eigenvalue weighted by atomic mass is 9.82. The summed E-state index contributed by atoms with van der Waals surface area (Å²) in [5, 5.41) is 33.0. The van der Waals surface area contributed by atoms with Gasteiger partial charge in [0.25, 0.3) is 0 Å². The summed E-state index contributed by atoms with van der Waals surface area (Å²) in [5.41, 5.74) is 2.97. The molecule has 0 aromatic carbocycles. The molecular weight excluding hydrogens is 438 g/mol. The summed E-state index contributed by atoms with van der Waals surface area (Å²) in [5.74, 6) is 0.0132. The maximum absolute atomic E-state index is 11.2. The molecule has 0 bridgehead atoms. The van der Waals surface area contributed by atoms with Crippen molar-refractivity contribution in [3.63, 3.8) is 0 Å². The van der Waals surface area contributed by atoms with Crippen LogP contribution in [-0.2, 0) is 4.79 Å². The van der Waals surface area contributed by atoms with Gasteiger partial charge in [-0.05, 0) is 37.8 Å². The van der Waals surface area contributed by atoms with E-state index in [1.54, 1.807) is 29.8 Å². The zero-order valence-corrected chi connectivity index (χ0v) is 18.7. The van der Waals surface area contributed by atoms with Gasteiger partial charge in [0.2, 0.25) is 0 Å². The highest BCUT2D eigenvalue weighted by Gasteiger charge is 2.29. The first-order valence-corrected chi connectivity index (χ1v) is 11.5. The van der Waals surface area contributed by atoms with Gasteiger partial charge in [-0.15, -0.1) is 10.2 Å². The Labute approximate surface area is 193 Å². The SMILES string of the molecule is CNc1cc(-n2ccc3cc(C#N)cnc32)ncc1-c1nnc(C2CCC(C(=O)O)CC2)s1. The number of nitrogens with zero attached hydrogens (tertiary/aromatic N) is 6. The van der Waals surface area contributed by atoms with Crippen LogP contribution in [-0.4, -0.2) is 42.9 Å². The Bertz CT molecular complexity index is 1380. The van der Waals surface area contributed by atoms with Crippen LogP contribution in [0.5, 0.6) is 0 Å². The number of aliphatic carboxylic acids is 1. The van der Waals surface area contributed by atoms with Crippen LogP contribution in [0.1, 0.15) is 42.2 Å². The van der Waals surface area contributed by atoms with Crippen molar-refractivity contribution in [2.45, 2.75) is 31.6 Å². The van der Waals surface area contributed by atoms with Gasteiger partial charge in [-0.3, -0.25) is 9.36 Å². The molecule has 2 N–H and O–H groups in total. The number of nitriles is 1. The summed E-state index contributed by atoms with van der Waals surface area (Å²) in [6, 6.07) is 7.76. The quantitative estimate of drug-likeness (QED) is 0.454. The van der Waals surface area contributed by atoms with Crippen LogP contribution < -0.4 is 5.32 Å². The van der Waals surface area contributed by atoms with Crippen molar-refractivity contribution >= 4 is 34.0 Å². The van der Waals surface area contributed by atoms with Crippen LogP contribution in [0.4, 0.5) is 5.69 Å². The van der Waals surface area contributed by atoms with E-state index in [0.29, 0.717) is 24.2 Å². The number of fused-ring (bicyclic) bond motifs is 1. The molecule has 5 rings (SSSR count). The Morgan fingerprint density at radius 3 is 2.76 bits per heavy atom. The van der Waals surface area contributed by atoms with Gasteiger partial charge >= 0.3 is 5.97 Å². The molecule has 166 valence electrons. The van der Waals surface area contributed by atoms with Gasteiger partial charge in [-0.25, -0.2) is 9.97 Å². The Kier molecular flexibility index (Phi) is 5.48. The maximum Gasteiger partial charge on any atom is 0.306 e. The molecule has 0 amide bonds. The van der Waals surface area contributed by atoms with Gasteiger partial charge in [0, 0.05) is 48.7 Å². The second-order valence-corrected chi connectivity index (χ2v) is 9.11. The number of nitrogens with one attached hydrogen (secondary N) is 1. The Morgan fingerprint density at radius 1 is 1.21 bits per heavy atom. The highest BCUT2D eigenvalue weighted by molar-refractivity contribution is 7.14. The van der Waals surface area contributed by atoms with Crippen molar-refractivity contribution in [3.8, 4) is 22.5 Å². The molecule has 1 fully saturated rings. The van der Waals surface area contributed by atoms with E-state index in [-0.39, 0.29) is 11.8 Å². The van der Waals surface area contributed by atoms with E-state index in [0.717, 1.165) is 45.1 Å². The van der Waals surface area contributed by atoms with E-state index >= 15 is 0 Å². The van der Waals surface area contributed by atoms with Crippen molar-refractivity contribution in [1.29, 1.82) is 5.26 Å². The molecule has 1 saturated carbocycles. The zero-order valence-electron chi connectivity index (χ0n) is 17.9. The number of pyridine rings is 2. The molecule has 10 heteroatoms. The Hall–Kier alpha value is -3.84. The van der Waals surface area contributed by atoms with E-state index in [4.69, 9.17) is 5.26 Å². The fourth-order valence-corrected chi connectivity index (χ4v) is 5.36. The van der Waals surface area contributed by atoms with E-state index in [1.807, 2.05) is 29.9 Å². The van der Waals surface area contributed by atoms with Crippen molar-refractivity contribution in [2.75, 3.05) is 12.4 Å². The number of carbonyl (C=O) groups is 1. The summed E-state index contributed by atoms with van der Waals surface area (Å²) < 4.78 is 1.88. The minimum absolute atomic E-state index is 0.243. The van der Waals surface area contributed by atoms with Crippen LogP contribution in [0.2, 0.25) is 0 Å². The normalized spacial score (nSPS) is 18.2. The molecule has 4 aromatic heterocycles. The van der Waals surface area contributed by atoms with Crippen LogP contribution >= 0.6 is 11.3 Å². The summed E-state index contributed by atoms with van der Waals surface area (Å²) in [6.45, 7) is 0. The van der Waals surface area contributed by atoms with E-state index in [9.17, 15) is 9.90 Å². The van der Waals surface area contributed by atoms with Gasteiger partial charge in [-0.1, -0.05) is 11.3 Å². The predicted octanol–water partition coefficient (Wildman–Crippen LogP) is 4.21. The first-order chi connectivity index (χ1) is 16.1. The molecule has 33 heavy (non-hydrogen) atoms. The topological polar surface area (TPSA) is 130 Å². The highest BCUT2D eigenvalue weighted by atomic mass is 32.1. The zero-order chi connectivity index (χ0) is 22.9. The molecule has 9 nitrogen and oxygen atoms in total. The largest absolute Gasteiger partial charge is 0.481 e. The molecule has 0 saturated heterocycles. The Balaban J connectivity index is 1.42. The minimum Gasteiger partial charge on any atom is -0.481 e. The number of rotatable bonds is 5. The number of hydrogen-bond acceptors (Lipinski definition) is 8. The first-order valence-electron chi connectivity index (χ1n) is 10.7. The molecular formula is C23H21N7O2S. The van der Waals surface area contributed by atoms with Gasteiger partial charge in [0.1, 0.15) is 22.5 Å². The first kappa shape index (κ1) is 21.0. The number of anilines is 1. The molecule has 1 aliphatic carbocycles. The predicted molar refractivity (Wildman–Crippen MR) is 124 cm³/mol. The maximum atomic E-state index is 11.2. The van der Waals surface area contributed by atoms with Crippen molar-refractivity contribution in [2.24, 2.45) is 5.92 Å². The van der Waals surface area contributed by atoms with Crippen molar-refractivity contribution in [3.05, 3.63) is 47.4 Å². The van der Waals surface area contributed by atoms with Crippen molar-refractivity contribution in [1.82, 2.24) is 24.7 Å². The number of carboxylic acids is 1. The molecule has 0 unspecified atom stereocenters. The average molecular weight is 460 g/mol. The minimum atomic E-state index is -0.701. The van der Waals surface area contributed by atoms with Gasteiger partial charge in [0.15, 0.2) is 5.01 Å². The lowest BCUT2D eigenvalue weighted by Gasteiger charge is -2.23. The van der Waals surface area contributed by atoms with E-state index in [1.165, 1.54) is 0 Å². The second kappa shape index (κ2) is 8.60. The van der Waals surface area contributed by atoms with Gasteiger partial charge in [-0.2, -0.15) is 5.26 Å². The van der Waals surface area contributed by atoms with E-state index in [2.05, 4.69) is 31.6 Å². The summed E-state index contributed by atoms with van der Waals surface area (Å²) in [4.78, 5) is 20.3. The average Bonchev–Trinajstić information content (AvgIpc) is 3.51. The van der Waals surface area contributed by atoms with Crippen LogP contribution in [0, 0.1) is 17.2 Å². The van der Waals surface area contributed by atoms with Gasteiger partial charge in [0.05, 0.1) is 17.0 Å². The molecule has 0 radical (unpaired) electrons. The van der Waals surface area contributed by atoms with E-state index < -0.39 is 5.97 Å². The molecule has 0 spiro atoms. The molecule has 0 aliphatic heterocycles. The van der Waals surface area contributed by atoms with Crippen LogP contribution in [0.15, 0.2) is 36.8 Å². The second-order valence-electron chi connectivity index (χ2n) is 8.10.